The van der Waals surface area contributed by atoms with Crippen molar-refractivity contribution in [3.63, 3.8) is 0 Å². The highest BCUT2D eigenvalue weighted by Crippen LogP contribution is 2.12. The van der Waals surface area contributed by atoms with Gasteiger partial charge in [0, 0.05) is 0 Å². The minimum atomic E-state index is -3.83. The molecular weight excluding hydrogens is 298 g/mol. The van der Waals surface area contributed by atoms with Crippen LogP contribution in [0.2, 0.25) is 0 Å². The van der Waals surface area contributed by atoms with Crippen molar-refractivity contribution in [2.75, 3.05) is 7.11 Å². The summed E-state index contributed by atoms with van der Waals surface area (Å²) in [6.07, 6.45) is 0. The molecule has 0 amide bonds. The number of benzene rings is 1. The largest absolute Gasteiger partial charge is 0.478 e. The lowest BCUT2D eigenvalue weighted by Gasteiger charge is -2.22. The standard InChI is InChI=1S/C13H17NO6S/c1-13(2,12(17)20-3)14-21(18,19)8-9-5-4-6-10(7-9)11(15)16/h4-7,14H,8H2,1-3H3,(H,15,16). The predicted octanol–water partition coefficient (Wildman–Crippen LogP) is 0.756. The zero-order chi connectivity index (χ0) is 16.3. The van der Waals surface area contributed by atoms with Crippen molar-refractivity contribution in [2.45, 2.75) is 25.1 Å². The number of carbonyl (C=O) groups is 2. The topological polar surface area (TPSA) is 110 Å². The maximum atomic E-state index is 12.1. The third-order valence-corrected chi connectivity index (χ3v) is 4.17. The summed E-state index contributed by atoms with van der Waals surface area (Å²) in [7, 11) is -2.67. The molecule has 7 nitrogen and oxygen atoms in total. The molecule has 0 aliphatic heterocycles. The van der Waals surface area contributed by atoms with Gasteiger partial charge in [-0.1, -0.05) is 12.1 Å². The first-order chi connectivity index (χ1) is 9.57. The number of aromatic carboxylic acids is 1. The number of hydrogen-bond acceptors (Lipinski definition) is 5. The second-order valence-electron chi connectivity index (χ2n) is 4.98. The average Bonchev–Trinajstić information content (AvgIpc) is 2.35. The molecule has 1 aromatic rings. The Morgan fingerprint density at radius 2 is 1.95 bits per heavy atom. The zero-order valence-electron chi connectivity index (χ0n) is 11.9. The summed E-state index contributed by atoms with van der Waals surface area (Å²) in [4.78, 5) is 22.3. The van der Waals surface area contributed by atoms with Crippen molar-refractivity contribution < 1.29 is 27.9 Å². The number of rotatable bonds is 6. The third kappa shape index (κ3) is 4.83. The highest BCUT2D eigenvalue weighted by molar-refractivity contribution is 7.88. The molecule has 0 saturated heterocycles. The summed E-state index contributed by atoms with van der Waals surface area (Å²) in [6, 6.07) is 5.59. The molecule has 1 aromatic carbocycles. The summed E-state index contributed by atoms with van der Waals surface area (Å²) in [5, 5.41) is 8.87. The van der Waals surface area contributed by atoms with E-state index in [2.05, 4.69) is 9.46 Å². The van der Waals surface area contributed by atoms with Gasteiger partial charge in [-0.15, -0.1) is 0 Å². The molecule has 0 fully saturated rings. The molecular formula is C13H17NO6S. The van der Waals surface area contributed by atoms with Gasteiger partial charge in [-0.25, -0.2) is 13.2 Å². The average molecular weight is 315 g/mol. The van der Waals surface area contributed by atoms with E-state index in [1.807, 2.05) is 0 Å². The van der Waals surface area contributed by atoms with Crippen LogP contribution in [0, 0.1) is 0 Å². The van der Waals surface area contributed by atoms with Gasteiger partial charge >= 0.3 is 11.9 Å². The number of esters is 1. The fourth-order valence-electron chi connectivity index (χ4n) is 1.74. The van der Waals surface area contributed by atoms with E-state index in [-0.39, 0.29) is 5.56 Å². The van der Waals surface area contributed by atoms with Crippen LogP contribution in [0.25, 0.3) is 0 Å². The molecule has 0 spiro atoms. The number of nitrogens with one attached hydrogen (secondary N) is 1. The lowest BCUT2D eigenvalue weighted by Crippen LogP contribution is -2.50. The molecule has 8 heteroatoms. The van der Waals surface area contributed by atoms with Crippen LogP contribution in [-0.4, -0.2) is 38.1 Å². The second-order valence-corrected chi connectivity index (χ2v) is 6.71. The fourth-order valence-corrected chi connectivity index (χ4v) is 3.29. The number of methoxy groups -OCH3 is 1. The predicted molar refractivity (Wildman–Crippen MR) is 75.3 cm³/mol. The molecule has 0 unspecified atom stereocenters. The Labute approximate surface area is 123 Å². The van der Waals surface area contributed by atoms with E-state index in [9.17, 15) is 18.0 Å². The SMILES string of the molecule is COC(=O)C(C)(C)NS(=O)(=O)Cc1cccc(C(=O)O)c1. The first-order valence-electron chi connectivity index (χ1n) is 6.00. The molecule has 0 saturated carbocycles. The molecule has 0 atom stereocenters. The van der Waals surface area contributed by atoms with E-state index in [4.69, 9.17) is 5.11 Å². The minimum Gasteiger partial charge on any atom is -0.478 e. The van der Waals surface area contributed by atoms with E-state index in [1.54, 1.807) is 0 Å². The van der Waals surface area contributed by atoms with E-state index >= 15 is 0 Å². The minimum absolute atomic E-state index is 0.00470. The van der Waals surface area contributed by atoms with Gasteiger partial charge in [0.15, 0.2) is 0 Å². The van der Waals surface area contributed by atoms with Gasteiger partial charge in [0.05, 0.1) is 18.4 Å². The molecule has 0 bridgehead atoms. The Morgan fingerprint density at radius 1 is 1.33 bits per heavy atom. The van der Waals surface area contributed by atoms with Crippen LogP contribution < -0.4 is 4.72 Å². The quantitative estimate of drug-likeness (QED) is 0.750. The van der Waals surface area contributed by atoms with E-state index < -0.39 is 33.3 Å². The Bertz CT molecular complexity index is 650. The lowest BCUT2D eigenvalue weighted by molar-refractivity contribution is -0.146. The van der Waals surface area contributed by atoms with Crippen molar-refractivity contribution >= 4 is 22.0 Å². The third-order valence-electron chi connectivity index (χ3n) is 2.64. The Balaban J connectivity index is 2.93. The Kier molecular flexibility index (Phi) is 5.08. The molecule has 0 radical (unpaired) electrons. The van der Waals surface area contributed by atoms with Crippen LogP contribution in [0.3, 0.4) is 0 Å². The number of hydrogen-bond donors (Lipinski definition) is 2. The lowest BCUT2D eigenvalue weighted by atomic mass is 10.1. The van der Waals surface area contributed by atoms with Gasteiger partial charge < -0.3 is 9.84 Å². The van der Waals surface area contributed by atoms with Crippen LogP contribution in [-0.2, 0) is 25.3 Å². The van der Waals surface area contributed by atoms with Crippen molar-refractivity contribution in [3.05, 3.63) is 35.4 Å². The second kappa shape index (κ2) is 6.23. The molecule has 0 aliphatic carbocycles. The highest BCUT2D eigenvalue weighted by Gasteiger charge is 2.33. The molecule has 2 N–H and O–H groups in total. The number of carboxylic acids is 1. The van der Waals surface area contributed by atoms with E-state index in [0.29, 0.717) is 5.56 Å². The van der Waals surface area contributed by atoms with Crippen LogP contribution in [0.1, 0.15) is 29.8 Å². The van der Waals surface area contributed by atoms with Crippen LogP contribution >= 0.6 is 0 Å². The monoisotopic (exact) mass is 315 g/mol. The van der Waals surface area contributed by atoms with Gasteiger partial charge in [-0.2, -0.15) is 4.72 Å². The molecule has 0 heterocycles. The number of carbonyl (C=O) groups excluding carboxylic acids is 1. The maximum Gasteiger partial charge on any atom is 0.335 e. The van der Waals surface area contributed by atoms with Gasteiger partial charge in [0.25, 0.3) is 0 Å². The first-order valence-corrected chi connectivity index (χ1v) is 7.65. The van der Waals surface area contributed by atoms with Gasteiger partial charge in [-0.3, -0.25) is 4.79 Å². The van der Waals surface area contributed by atoms with Gasteiger partial charge in [0.2, 0.25) is 10.0 Å². The molecule has 21 heavy (non-hydrogen) atoms. The maximum absolute atomic E-state index is 12.1. The van der Waals surface area contributed by atoms with E-state index in [0.717, 1.165) is 7.11 Å². The van der Waals surface area contributed by atoms with Crippen molar-refractivity contribution in [2.24, 2.45) is 0 Å². The van der Waals surface area contributed by atoms with Crippen LogP contribution in [0.15, 0.2) is 24.3 Å². The normalized spacial score (nSPS) is 12.0. The summed E-state index contributed by atoms with van der Waals surface area (Å²) in [6.45, 7) is 2.76. The Morgan fingerprint density at radius 3 is 2.48 bits per heavy atom. The molecule has 0 aromatic heterocycles. The summed E-state index contributed by atoms with van der Waals surface area (Å²) in [5.41, 5.74) is -1.10. The number of carboxylic acid groups (broad SMARTS) is 1. The smallest absolute Gasteiger partial charge is 0.335 e. The highest BCUT2D eigenvalue weighted by atomic mass is 32.2. The molecule has 1 rings (SSSR count). The zero-order valence-corrected chi connectivity index (χ0v) is 12.7. The first kappa shape index (κ1) is 17.1. The van der Waals surface area contributed by atoms with Crippen LogP contribution in [0.4, 0.5) is 0 Å². The van der Waals surface area contributed by atoms with E-state index in [1.165, 1.54) is 38.1 Å². The van der Waals surface area contributed by atoms with Gasteiger partial charge in [0.1, 0.15) is 5.54 Å². The summed E-state index contributed by atoms with van der Waals surface area (Å²) >= 11 is 0. The summed E-state index contributed by atoms with van der Waals surface area (Å²) < 4.78 is 30.9. The van der Waals surface area contributed by atoms with Crippen molar-refractivity contribution in [1.29, 1.82) is 0 Å². The Hall–Kier alpha value is -1.93. The fraction of sp³-hybridized carbons (Fsp3) is 0.385. The van der Waals surface area contributed by atoms with Crippen molar-refractivity contribution in [1.82, 2.24) is 4.72 Å². The number of ether oxygens (including phenoxy) is 1. The van der Waals surface area contributed by atoms with Crippen LogP contribution in [0.5, 0.6) is 0 Å². The molecule has 116 valence electrons. The van der Waals surface area contributed by atoms with Crippen molar-refractivity contribution in [3.8, 4) is 0 Å². The molecule has 0 aliphatic rings. The number of sulfonamides is 1. The van der Waals surface area contributed by atoms with Gasteiger partial charge in [-0.05, 0) is 31.5 Å². The summed E-state index contributed by atoms with van der Waals surface area (Å²) in [5.74, 6) is -2.29.